The zero-order chi connectivity index (χ0) is 27.0. The van der Waals surface area contributed by atoms with Crippen molar-refractivity contribution >= 4 is 50.1 Å². The molecule has 0 spiro atoms. The summed E-state index contributed by atoms with van der Waals surface area (Å²) in [5, 5.41) is 3.14. The Morgan fingerprint density at radius 2 is 1.78 bits per heavy atom. The minimum absolute atomic E-state index is 0.100. The molecule has 1 saturated carbocycles. The molecular formula is C27H36IN3O5S. The zero-order valence-corrected chi connectivity index (χ0v) is 24.6. The normalized spacial score (nSPS) is 15.0. The molecule has 0 radical (unpaired) electrons. The zero-order valence-electron chi connectivity index (χ0n) is 21.7. The van der Waals surface area contributed by atoms with Crippen LogP contribution in [0.25, 0.3) is 0 Å². The molecule has 1 atom stereocenters. The molecule has 2 amide bonds. The molecule has 2 aromatic rings. The van der Waals surface area contributed by atoms with Crippen molar-refractivity contribution < 1.29 is 22.7 Å². The highest BCUT2D eigenvalue weighted by Crippen LogP contribution is 2.23. The summed E-state index contributed by atoms with van der Waals surface area (Å²) in [4.78, 5) is 28.7. The van der Waals surface area contributed by atoms with Crippen LogP contribution in [0, 0.1) is 3.57 Å². The number of carbonyl (C=O) groups is 2. The van der Waals surface area contributed by atoms with Crippen LogP contribution in [0.15, 0.2) is 48.5 Å². The van der Waals surface area contributed by atoms with E-state index in [0.29, 0.717) is 17.9 Å². The van der Waals surface area contributed by atoms with Gasteiger partial charge in [0.1, 0.15) is 18.3 Å². The lowest BCUT2D eigenvalue weighted by Crippen LogP contribution is -2.53. The summed E-state index contributed by atoms with van der Waals surface area (Å²) in [6.07, 6.45) is 6.67. The van der Waals surface area contributed by atoms with Crippen LogP contribution in [-0.4, -0.2) is 57.1 Å². The van der Waals surface area contributed by atoms with E-state index < -0.39 is 28.5 Å². The molecule has 10 heteroatoms. The lowest BCUT2D eigenvalue weighted by Gasteiger charge is -2.34. The number of hydrogen-bond acceptors (Lipinski definition) is 5. The summed E-state index contributed by atoms with van der Waals surface area (Å²) in [5.41, 5.74) is 1.19. The molecule has 1 fully saturated rings. The fraction of sp³-hybridized carbons (Fsp3) is 0.481. The second kappa shape index (κ2) is 13.5. The second-order valence-electron chi connectivity index (χ2n) is 9.39. The minimum Gasteiger partial charge on any atom is -0.497 e. The van der Waals surface area contributed by atoms with Crippen molar-refractivity contribution in [2.75, 3.05) is 24.2 Å². The Morgan fingerprint density at radius 3 is 2.38 bits per heavy atom. The first-order chi connectivity index (χ1) is 17.6. The van der Waals surface area contributed by atoms with Crippen molar-refractivity contribution in [3.8, 4) is 5.75 Å². The Balaban J connectivity index is 1.92. The Hall–Kier alpha value is -2.34. The van der Waals surface area contributed by atoms with Crippen LogP contribution in [0.3, 0.4) is 0 Å². The van der Waals surface area contributed by atoms with E-state index in [1.165, 1.54) is 11.3 Å². The van der Waals surface area contributed by atoms with Gasteiger partial charge in [-0.15, -0.1) is 0 Å². The number of methoxy groups -OCH3 is 1. The lowest BCUT2D eigenvalue weighted by atomic mass is 9.95. The molecule has 0 aromatic heterocycles. The highest BCUT2D eigenvalue weighted by molar-refractivity contribution is 14.1. The topological polar surface area (TPSA) is 96.0 Å². The molecule has 0 unspecified atom stereocenters. The molecule has 2 aromatic carbocycles. The van der Waals surface area contributed by atoms with E-state index >= 15 is 0 Å². The molecule has 0 saturated heterocycles. The van der Waals surface area contributed by atoms with E-state index in [2.05, 4.69) is 27.9 Å². The molecule has 1 aliphatic carbocycles. The second-order valence-corrected chi connectivity index (χ2v) is 12.5. The van der Waals surface area contributed by atoms with Gasteiger partial charge < -0.3 is 15.0 Å². The average Bonchev–Trinajstić information content (AvgIpc) is 2.87. The predicted molar refractivity (Wildman–Crippen MR) is 154 cm³/mol. The summed E-state index contributed by atoms with van der Waals surface area (Å²) in [7, 11) is -2.19. The maximum atomic E-state index is 13.8. The van der Waals surface area contributed by atoms with Crippen molar-refractivity contribution in [3.63, 3.8) is 0 Å². The first-order valence-corrected chi connectivity index (χ1v) is 15.5. The van der Waals surface area contributed by atoms with E-state index in [-0.39, 0.29) is 18.5 Å². The van der Waals surface area contributed by atoms with E-state index in [1.54, 1.807) is 31.4 Å². The highest BCUT2D eigenvalue weighted by Gasteiger charge is 2.32. The number of nitrogens with one attached hydrogen (secondary N) is 1. The number of ether oxygens (including phenoxy) is 1. The predicted octanol–water partition coefficient (Wildman–Crippen LogP) is 4.32. The van der Waals surface area contributed by atoms with Gasteiger partial charge in [-0.1, -0.05) is 38.3 Å². The molecule has 3 rings (SSSR count). The van der Waals surface area contributed by atoms with E-state index in [9.17, 15) is 18.0 Å². The van der Waals surface area contributed by atoms with Crippen molar-refractivity contribution in [1.82, 2.24) is 10.2 Å². The Bertz CT molecular complexity index is 1170. The summed E-state index contributed by atoms with van der Waals surface area (Å²) in [5.74, 6) is -0.00971. The summed E-state index contributed by atoms with van der Waals surface area (Å²) < 4.78 is 32.8. The van der Waals surface area contributed by atoms with Crippen molar-refractivity contribution in [3.05, 3.63) is 57.7 Å². The monoisotopic (exact) mass is 641 g/mol. The molecule has 0 heterocycles. The van der Waals surface area contributed by atoms with Crippen LogP contribution in [0.2, 0.25) is 0 Å². The first kappa shape index (κ1) is 29.2. The lowest BCUT2D eigenvalue weighted by molar-refractivity contribution is -0.140. The van der Waals surface area contributed by atoms with Gasteiger partial charge in [0.05, 0.1) is 19.1 Å². The Morgan fingerprint density at radius 1 is 1.11 bits per heavy atom. The van der Waals surface area contributed by atoms with Gasteiger partial charge in [-0.25, -0.2) is 8.42 Å². The third kappa shape index (κ3) is 8.33. The third-order valence-corrected chi connectivity index (χ3v) is 8.48. The van der Waals surface area contributed by atoms with Crippen molar-refractivity contribution in [1.29, 1.82) is 0 Å². The maximum absolute atomic E-state index is 13.8. The molecule has 202 valence electrons. The first-order valence-electron chi connectivity index (χ1n) is 12.6. The van der Waals surface area contributed by atoms with Crippen LogP contribution in [-0.2, 0) is 26.2 Å². The number of hydrogen-bond donors (Lipinski definition) is 1. The van der Waals surface area contributed by atoms with E-state index in [1.807, 2.05) is 31.2 Å². The van der Waals surface area contributed by atoms with Crippen LogP contribution in [0.4, 0.5) is 5.69 Å². The number of carbonyl (C=O) groups excluding carboxylic acids is 2. The number of sulfonamides is 1. The fourth-order valence-corrected chi connectivity index (χ4v) is 5.86. The van der Waals surface area contributed by atoms with E-state index in [4.69, 9.17) is 4.74 Å². The fourth-order valence-electron chi connectivity index (χ4n) is 4.65. The van der Waals surface area contributed by atoms with Gasteiger partial charge in [-0.2, -0.15) is 0 Å². The van der Waals surface area contributed by atoms with Crippen LogP contribution in [0.5, 0.6) is 5.75 Å². The van der Waals surface area contributed by atoms with Crippen LogP contribution >= 0.6 is 22.6 Å². The molecule has 0 aliphatic heterocycles. The van der Waals surface area contributed by atoms with E-state index in [0.717, 1.165) is 45.4 Å². The van der Waals surface area contributed by atoms with Gasteiger partial charge in [0.25, 0.3) is 0 Å². The largest absolute Gasteiger partial charge is 0.497 e. The summed E-state index contributed by atoms with van der Waals surface area (Å²) in [6, 6.07) is 13.6. The van der Waals surface area contributed by atoms with Gasteiger partial charge in [0.15, 0.2) is 0 Å². The molecule has 0 bridgehead atoms. The van der Waals surface area contributed by atoms with Crippen molar-refractivity contribution in [2.45, 2.75) is 64.1 Å². The number of nitrogens with zero attached hydrogens (tertiary/aromatic N) is 2. The smallest absolute Gasteiger partial charge is 0.244 e. The number of benzene rings is 2. The third-order valence-electron chi connectivity index (χ3n) is 6.62. The van der Waals surface area contributed by atoms with Gasteiger partial charge >= 0.3 is 0 Å². The van der Waals surface area contributed by atoms with Gasteiger partial charge in [0, 0.05) is 16.2 Å². The van der Waals surface area contributed by atoms with Gasteiger partial charge in [0.2, 0.25) is 21.8 Å². The minimum atomic E-state index is -3.76. The quantitative estimate of drug-likeness (QED) is 0.369. The molecule has 8 nitrogen and oxygen atoms in total. The molecule has 1 aliphatic rings. The Labute approximate surface area is 233 Å². The molecule has 1 N–H and O–H groups in total. The molecular weight excluding hydrogens is 605 g/mol. The number of rotatable bonds is 11. The highest BCUT2D eigenvalue weighted by atomic mass is 127. The van der Waals surface area contributed by atoms with Gasteiger partial charge in [-0.3, -0.25) is 13.9 Å². The summed E-state index contributed by atoms with van der Waals surface area (Å²) >= 11 is 2.14. The number of anilines is 1. The Kier molecular flexibility index (Phi) is 10.6. The van der Waals surface area contributed by atoms with Crippen LogP contribution < -0.4 is 14.4 Å². The SMILES string of the molecule is CC[C@H](C(=O)NC1CCCCC1)N(Cc1cccc(OC)c1)C(=O)CN(c1ccc(I)cc1)S(C)(=O)=O. The maximum Gasteiger partial charge on any atom is 0.244 e. The van der Waals surface area contributed by atoms with Gasteiger partial charge in [-0.05, 0) is 83.8 Å². The van der Waals surface area contributed by atoms with Crippen LogP contribution in [0.1, 0.15) is 51.0 Å². The number of amides is 2. The van der Waals surface area contributed by atoms with Crippen molar-refractivity contribution in [2.24, 2.45) is 0 Å². The molecule has 37 heavy (non-hydrogen) atoms. The average molecular weight is 642 g/mol. The number of halogens is 1. The summed E-state index contributed by atoms with van der Waals surface area (Å²) in [6.45, 7) is 1.61. The standard InChI is InChI=1S/C27H36IN3O5S/c1-4-25(27(33)29-22-10-6-5-7-11-22)30(18-20-9-8-12-24(17-20)36-2)26(32)19-31(37(3,34)35)23-15-13-21(28)14-16-23/h8-9,12-17,22,25H,4-7,10-11,18-19H2,1-3H3,(H,29,33)/t25-/m1/s1.